The molecule has 1 aliphatic rings. The second-order valence-electron chi connectivity index (χ2n) is 5.98. The molecule has 1 unspecified atom stereocenters. The lowest BCUT2D eigenvalue weighted by Crippen LogP contribution is -2.24. The lowest BCUT2D eigenvalue weighted by Gasteiger charge is -2.21. The molecule has 1 aromatic heterocycles. The van der Waals surface area contributed by atoms with Crippen molar-refractivity contribution in [2.75, 3.05) is 18.0 Å². The molecule has 1 N–H and O–H groups in total. The molecule has 24 heavy (non-hydrogen) atoms. The number of aromatic nitrogens is 2. The molecule has 0 amide bonds. The van der Waals surface area contributed by atoms with E-state index in [1.54, 1.807) is 0 Å². The molecule has 4 nitrogen and oxygen atoms in total. The Hall–Kier alpha value is -2.30. The number of β-amino-alcohol motifs (C(OH)–C–C–N with tert-alkyl or cyclic N) is 1. The summed E-state index contributed by atoms with van der Waals surface area (Å²) in [4.78, 5) is 6.74. The number of imidazole rings is 1. The molecular formula is C19H18ClN3O. The molecule has 4 rings (SSSR count). The van der Waals surface area contributed by atoms with Gasteiger partial charge in [0.05, 0.1) is 6.10 Å². The number of rotatable bonds is 3. The summed E-state index contributed by atoms with van der Waals surface area (Å²) in [5.74, 6) is 1.65. The SMILES string of the molecule is OC1CCN(c2c(Cl)nc(-c3ccccc3)n2-c2ccccc2)C1. The van der Waals surface area contributed by atoms with Gasteiger partial charge in [0.2, 0.25) is 0 Å². The molecular weight excluding hydrogens is 322 g/mol. The first kappa shape index (κ1) is 15.2. The summed E-state index contributed by atoms with van der Waals surface area (Å²) in [5.41, 5.74) is 2.02. The fourth-order valence-electron chi connectivity index (χ4n) is 3.19. The van der Waals surface area contributed by atoms with E-state index in [-0.39, 0.29) is 6.10 Å². The molecule has 2 heterocycles. The number of halogens is 1. The number of para-hydroxylation sites is 1. The van der Waals surface area contributed by atoms with Gasteiger partial charge >= 0.3 is 0 Å². The van der Waals surface area contributed by atoms with E-state index in [1.165, 1.54) is 0 Å². The quantitative estimate of drug-likeness (QED) is 0.790. The van der Waals surface area contributed by atoms with Crippen LogP contribution in [0.3, 0.4) is 0 Å². The molecule has 0 aliphatic carbocycles. The van der Waals surface area contributed by atoms with Crippen LogP contribution in [0.4, 0.5) is 5.82 Å². The number of hydrogen-bond acceptors (Lipinski definition) is 3. The second kappa shape index (κ2) is 6.30. The van der Waals surface area contributed by atoms with Crippen molar-refractivity contribution < 1.29 is 5.11 Å². The normalized spacial score (nSPS) is 17.4. The zero-order valence-electron chi connectivity index (χ0n) is 13.1. The molecule has 0 saturated carbocycles. The van der Waals surface area contributed by atoms with Gasteiger partial charge in [-0.2, -0.15) is 0 Å². The van der Waals surface area contributed by atoms with E-state index in [0.717, 1.165) is 35.9 Å². The molecule has 0 radical (unpaired) electrons. The van der Waals surface area contributed by atoms with Crippen LogP contribution < -0.4 is 4.90 Å². The Morgan fingerprint density at radius 1 is 1.00 bits per heavy atom. The Bertz CT molecular complexity index is 833. The van der Waals surface area contributed by atoms with E-state index in [9.17, 15) is 5.11 Å². The van der Waals surface area contributed by atoms with Crippen LogP contribution in [0.2, 0.25) is 5.15 Å². The number of anilines is 1. The number of nitrogens with zero attached hydrogens (tertiary/aromatic N) is 3. The lowest BCUT2D eigenvalue weighted by molar-refractivity contribution is 0.198. The summed E-state index contributed by atoms with van der Waals surface area (Å²) in [6, 6.07) is 20.1. The molecule has 1 aliphatic heterocycles. The van der Waals surface area contributed by atoms with Gasteiger partial charge in [0, 0.05) is 24.3 Å². The zero-order valence-corrected chi connectivity index (χ0v) is 13.9. The van der Waals surface area contributed by atoms with Crippen LogP contribution in [0.5, 0.6) is 0 Å². The van der Waals surface area contributed by atoms with Gasteiger partial charge in [-0.15, -0.1) is 0 Å². The Morgan fingerprint density at radius 2 is 1.67 bits per heavy atom. The summed E-state index contributed by atoms with van der Waals surface area (Å²) in [6.07, 6.45) is 0.428. The van der Waals surface area contributed by atoms with Crippen molar-refractivity contribution >= 4 is 17.4 Å². The highest BCUT2D eigenvalue weighted by Gasteiger charge is 2.28. The maximum Gasteiger partial charge on any atom is 0.172 e. The van der Waals surface area contributed by atoms with E-state index >= 15 is 0 Å². The number of aliphatic hydroxyl groups is 1. The topological polar surface area (TPSA) is 41.3 Å². The summed E-state index contributed by atoms with van der Waals surface area (Å²) in [7, 11) is 0. The highest BCUT2D eigenvalue weighted by molar-refractivity contribution is 6.32. The monoisotopic (exact) mass is 339 g/mol. The maximum atomic E-state index is 9.92. The molecule has 3 aromatic rings. The summed E-state index contributed by atoms with van der Waals surface area (Å²) >= 11 is 6.52. The van der Waals surface area contributed by atoms with Crippen molar-refractivity contribution in [1.82, 2.24) is 9.55 Å². The van der Waals surface area contributed by atoms with Crippen LogP contribution in [-0.2, 0) is 0 Å². The van der Waals surface area contributed by atoms with Gasteiger partial charge in [-0.25, -0.2) is 4.98 Å². The van der Waals surface area contributed by atoms with Gasteiger partial charge in [-0.3, -0.25) is 4.57 Å². The Morgan fingerprint density at radius 3 is 2.29 bits per heavy atom. The van der Waals surface area contributed by atoms with Crippen LogP contribution in [0.1, 0.15) is 6.42 Å². The van der Waals surface area contributed by atoms with Gasteiger partial charge in [-0.05, 0) is 18.6 Å². The molecule has 5 heteroatoms. The van der Waals surface area contributed by atoms with Crippen molar-refractivity contribution in [3.8, 4) is 17.1 Å². The number of aliphatic hydroxyl groups excluding tert-OH is 1. The molecule has 2 aromatic carbocycles. The van der Waals surface area contributed by atoms with Crippen LogP contribution in [0.25, 0.3) is 17.1 Å². The average molecular weight is 340 g/mol. The fourth-order valence-corrected chi connectivity index (χ4v) is 3.48. The first-order chi connectivity index (χ1) is 11.7. The minimum atomic E-state index is -0.319. The van der Waals surface area contributed by atoms with Gasteiger partial charge in [0.15, 0.2) is 11.0 Å². The summed E-state index contributed by atoms with van der Waals surface area (Å²) in [6.45, 7) is 1.35. The standard InChI is InChI=1S/C19H18ClN3O/c20-17-19(22-12-11-16(24)13-22)23(15-9-5-2-6-10-15)18(21-17)14-7-3-1-4-8-14/h1-10,16,24H,11-13H2. The third kappa shape index (κ3) is 2.68. The Kier molecular flexibility index (Phi) is 4.00. The van der Waals surface area contributed by atoms with Crippen molar-refractivity contribution in [2.45, 2.75) is 12.5 Å². The minimum Gasteiger partial charge on any atom is -0.391 e. The van der Waals surface area contributed by atoms with Gasteiger partial charge in [-0.1, -0.05) is 60.1 Å². The van der Waals surface area contributed by atoms with Crippen LogP contribution in [-0.4, -0.2) is 33.9 Å². The molecule has 1 atom stereocenters. The van der Waals surface area contributed by atoms with Gasteiger partial charge in [0.1, 0.15) is 5.82 Å². The van der Waals surface area contributed by atoms with Crippen molar-refractivity contribution in [3.05, 3.63) is 65.8 Å². The predicted molar refractivity (Wildman–Crippen MR) is 96.8 cm³/mol. The summed E-state index contributed by atoms with van der Waals surface area (Å²) < 4.78 is 2.08. The first-order valence-corrected chi connectivity index (χ1v) is 8.44. The Balaban J connectivity index is 1.92. The third-order valence-corrected chi connectivity index (χ3v) is 4.58. The van der Waals surface area contributed by atoms with Crippen LogP contribution in [0.15, 0.2) is 60.7 Å². The second-order valence-corrected chi connectivity index (χ2v) is 6.33. The largest absolute Gasteiger partial charge is 0.391 e. The maximum absolute atomic E-state index is 9.92. The van der Waals surface area contributed by atoms with Crippen LogP contribution >= 0.6 is 11.6 Å². The number of hydrogen-bond donors (Lipinski definition) is 1. The third-order valence-electron chi connectivity index (χ3n) is 4.32. The summed E-state index contributed by atoms with van der Waals surface area (Å²) in [5, 5.41) is 10.4. The molecule has 0 spiro atoms. The van der Waals surface area contributed by atoms with Crippen LogP contribution in [0, 0.1) is 0 Å². The highest BCUT2D eigenvalue weighted by atomic mass is 35.5. The fraction of sp³-hybridized carbons (Fsp3) is 0.211. The van der Waals surface area contributed by atoms with E-state index in [1.807, 2.05) is 60.7 Å². The first-order valence-electron chi connectivity index (χ1n) is 8.06. The molecule has 1 fully saturated rings. The van der Waals surface area contributed by atoms with Crippen molar-refractivity contribution in [3.63, 3.8) is 0 Å². The lowest BCUT2D eigenvalue weighted by atomic mass is 10.2. The van der Waals surface area contributed by atoms with E-state index in [2.05, 4.69) is 14.5 Å². The van der Waals surface area contributed by atoms with Gasteiger partial charge in [0.25, 0.3) is 0 Å². The van der Waals surface area contributed by atoms with Gasteiger partial charge < -0.3 is 10.0 Å². The predicted octanol–water partition coefficient (Wildman–Crippen LogP) is 3.76. The highest BCUT2D eigenvalue weighted by Crippen LogP contribution is 2.36. The van der Waals surface area contributed by atoms with Crippen molar-refractivity contribution in [1.29, 1.82) is 0 Å². The molecule has 0 bridgehead atoms. The van der Waals surface area contributed by atoms with E-state index in [0.29, 0.717) is 11.7 Å². The smallest absolute Gasteiger partial charge is 0.172 e. The minimum absolute atomic E-state index is 0.319. The number of benzene rings is 2. The Labute approximate surface area is 145 Å². The molecule has 1 saturated heterocycles. The van der Waals surface area contributed by atoms with E-state index < -0.39 is 0 Å². The van der Waals surface area contributed by atoms with E-state index in [4.69, 9.17) is 11.6 Å². The molecule has 122 valence electrons. The zero-order chi connectivity index (χ0) is 16.5. The van der Waals surface area contributed by atoms with Crippen molar-refractivity contribution in [2.24, 2.45) is 0 Å². The average Bonchev–Trinajstić information content (AvgIpc) is 3.19.